The summed E-state index contributed by atoms with van der Waals surface area (Å²) in [5.74, 6) is -0.150. The summed E-state index contributed by atoms with van der Waals surface area (Å²) in [5, 5.41) is 6.25. The Morgan fingerprint density at radius 3 is 2.33 bits per heavy atom. The summed E-state index contributed by atoms with van der Waals surface area (Å²) in [4.78, 5) is 43.7. The SMILES string of the molecule is CNC(=O)c1ccc(/C=C/C(=O)NCC(=O)N(C)c2ccc(C)c(COc3cccc4c(-c5ccccc5)cc(C)nc34)c2C)cc1.Cl. The lowest BCUT2D eigenvalue weighted by Crippen LogP contribution is -2.38. The first-order chi connectivity index (χ1) is 22.7. The number of anilines is 1. The second-order valence-electron chi connectivity index (χ2n) is 11.3. The van der Waals surface area contributed by atoms with Crippen LogP contribution in [0.5, 0.6) is 5.75 Å². The summed E-state index contributed by atoms with van der Waals surface area (Å²) in [7, 11) is 3.27. The first kappa shape index (κ1) is 35.4. The topological polar surface area (TPSA) is 101 Å². The summed E-state index contributed by atoms with van der Waals surface area (Å²) in [6.45, 7) is 6.11. The molecule has 0 spiro atoms. The highest BCUT2D eigenvalue weighted by Gasteiger charge is 2.18. The Kier molecular flexibility index (Phi) is 11.7. The zero-order chi connectivity index (χ0) is 33.5. The summed E-state index contributed by atoms with van der Waals surface area (Å²) < 4.78 is 6.42. The van der Waals surface area contributed by atoms with Gasteiger partial charge in [0.15, 0.2) is 0 Å². The van der Waals surface area contributed by atoms with Crippen molar-refractivity contribution in [1.29, 1.82) is 0 Å². The van der Waals surface area contributed by atoms with Crippen LogP contribution in [-0.2, 0) is 16.2 Å². The third-order valence-corrected chi connectivity index (χ3v) is 8.17. The first-order valence-corrected chi connectivity index (χ1v) is 15.4. The van der Waals surface area contributed by atoms with Gasteiger partial charge in [-0.2, -0.15) is 0 Å². The van der Waals surface area contributed by atoms with Gasteiger partial charge in [0.25, 0.3) is 5.91 Å². The van der Waals surface area contributed by atoms with Crippen LogP contribution in [0.1, 0.15) is 38.3 Å². The zero-order valence-electron chi connectivity index (χ0n) is 27.7. The van der Waals surface area contributed by atoms with E-state index in [0.717, 1.165) is 55.7 Å². The molecule has 0 fully saturated rings. The summed E-state index contributed by atoms with van der Waals surface area (Å²) in [6.07, 6.45) is 2.99. The summed E-state index contributed by atoms with van der Waals surface area (Å²) >= 11 is 0. The van der Waals surface area contributed by atoms with E-state index in [1.54, 1.807) is 49.3 Å². The van der Waals surface area contributed by atoms with Crippen LogP contribution in [0.4, 0.5) is 5.69 Å². The molecule has 1 heterocycles. The highest BCUT2D eigenvalue weighted by molar-refractivity contribution is 6.00. The molecule has 8 nitrogen and oxygen atoms in total. The quantitative estimate of drug-likeness (QED) is 0.157. The van der Waals surface area contributed by atoms with Crippen molar-refractivity contribution in [1.82, 2.24) is 15.6 Å². The minimum atomic E-state index is -0.397. The van der Waals surface area contributed by atoms with Gasteiger partial charge < -0.3 is 20.3 Å². The van der Waals surface area contributed by atoms with Gasteiger partial charge in [-0.25, -0.2) is 4.98 Å². The van der Waals surface area contributed by atoms with Gasteiger partial charge in [0.05, 0.1) is 6.54 Å². The second-order valence-corrected chi connectivity index (χ2v) is 11.3. The predicted molar refractivity (Wildman–Crippen MR) is 195 cm³/mol. The van der Waals surface area contributed by atoms with Crippen LogP contribution >= 0.6 is 12.4 Å². The lowest BCUT2D eigenvalue weighted by atomic mass is 9.99. The monoisotopic (exact) mass is 662 g/mol. The molecule has 5 aromatic rings. The molecular formula is C39H39ClN4O4. The number of benzene rings is 4. The number of nitrogens with one attached hydrogen (secondary N) is 2. The van der Waals surface area contributed by atoms with Crippen molar-refractivity contribution in [2.24, 2.45) is 0 Å². The van der Waals surface area contributed by atoms with Gasteiger partial charge in [0.1, 0.15) is 17.9 Å². The van der Waals surface area contributed by atoms with Crippen LogP contribution < -0.4 is 20.3 Å². The fourth-order valence-electron chi connectivity index (χ4n) is 5.47. The molecule has 0 radical (unpaired) electrons. The molecule has 0 bridgehead atoms. The number of aromatic nitrogens is 1. The maximum absolute atomic E-state index is 13.1. The molecule has 9 heteroatoms. The molecule has 0 aliphatic carbocycles. The molecule has 2 N–H and O–H groups in total. The number of hydrogen-bond acceptors (Lipinski definition) is 5. The Morgan fingerprint density at radius 2 is 1.62 bits per heavy atom. The van der Waals surface area contributed by atoms with Crippen molar-refractivity contribution in [3.05, 3.63) is 131 Å². The predicted octanol–water partition coefficient (Wildman–Crippen LogP) is 6.98. The van der Waals surface area contributed by atoms with Crippen molar-refractivity contribution in [2.45, 2.75) is 27.4 Å². The number of aryl methyl sites for hydroxylation is 2. The summed E-state index contributed by atoms with van der Waals surface area (Å²) in [5.41, 5.74) is 8.89. The molecule has 246 valence electrons. The third-order valence-electron chi connectivity index (χ3n) is 8.17. The molecule has 0 atom stereocenters. The molecule has 1 aromatic heterocycles. The van der Waals surface area contributed by atoms with E-state index < -0.39 is 5.91 Å². The van der Waals surface area contributed by atoms with Crippen molar-refractivity contribution < 1.29 is 19.1 Å². The lowest BCUT2D eigenvalue weighted by Gasteiger charge is -2.23. The molecule has 3 amide bonds. The van der Waals surface area contributed by atoms with E-state index in [1.165, 1.54) is 6.08 Å². The normalized spacial score (nSPS) is 10.8. The van der Waals surface area contributed by atoms with Gasteiger partial charge in [0, 0.05) is 42.5 Å². The number of likely N-dealkylation sites (N-methyl/N-ethyl adjacent to an activating group) is 1. The number of halogens is 1. The van der Waals surface area contributed by atoms with E-state index in [9.17, 15) is 14.4 Å². The van der Waals surface area contributed by atoms with Gasteiger partial charge in [-0.15, -0.1) is 12.4 Å². The minimum absolute atomic E-state index is 0. The van der Waals surface area contributed by atoms with E-state index in [4.69, 9.17) is 9.72 Å². The number of hydrogen-bond donors (Lipinski definition) is 2. The largest absolute Gasteiger partial charge is 0.487 e. The Balaban J connectivity index is 0.00000520. The zero-order valence-corrected chi connectivity index (χ0v) is 28.5. The lowest BCUT2D eigenvalue weighted by molar-refractivity contribution is -0.122. The molecule has 0 saturated carbocycles. The maximum Gasteiger partial charge on any atom is 0.251 e. The Hall–Kier alpha value is -5.47. The number of ether oxygens (including phenoxy) is 1. The standard InChI is InChI=1S/C39H38N4O4.ClH/c1-25-14-20-34(43(5)37(45)23-41-36(44)21-17-28-15-18-30(19-16-28)39(46)40-4)27(3)33(25)24-47-35-13-9-12-31-32(22-26(2)42-38(31)35)29-10-7-6-8-11-29;/h6-22H,23-24H2,1-5H3,(H,40,46)(H,41,44);1H/b21-17+;. The first-order valence-electron chi connectivity index (χ1n) is 15.4. The van der Waals surface area contributed by atoms with Crippen molar-refractivity contribution >= 4 is 52.8 Å². The number of amides is 3. The van der Waals surface area contributed by atoms with E-state index in [0.29, 0.717) is 17.9 Å². The minimum Gasteiger partial charge on any atom is -0.487 e. The molecule has 4 aromatic carbocycles. The van der Waals surface area contributed by atoms with Crippen LogP contribution in [0.15, 0.2) is 97.1 Å². The summed E-state index contributed by atoms with van der Waals surface area (Å²) in [6, 6.07) is 29.1. The number of pyridine rings is 1. The van der Waals surface area contributed by atoms with Crippen molar-refractivity contribution in [3.63, 3.8) is 0 Å². The van der Waals surface area contributed by atoms with E-state index in [-0.39, 0.29) is 30.8 Å². The van der Waals surface area contributed by atoms with Crippen LogP contribution in [0.3, 0.4) is 0 Å². The molecule has 0 aliphatic rings. The molecular weight excluding hydrogens is 624 g/mol. The van der Waals surface area contributed by atoms with Gasteiger partial charge in [-0.1, -0.05) is 60.7 Å². The van der Waals surface area contributed by atoms with Crippen LogP contribution in [0.2, 0.25) is 0 Å². The number of carbonyl (C=O) groups is 3. The third kappa shape index (κ3) is 8.08. The number of para-hydroxylation sites is 1. The van der Waals surface area contributed by atoms with Gasteiger partial charge in [-0.05, 0) is 90.6 Å². The Morgan fingerprint density at radius 1 is 0.896 bits per heavy atom. The molecule has 0 unspecified atom stereocenters. The van der Waals surface area contributed by atoms with Crippen LogP contribution in [-0.4, -0.2) is 43.3 Å². The van der Waals surface area contributed by atoms with Crippen LogP contribution in [0, 0.1) is 20.8 Å². The van der Waals surface area contributed by atoms with Crippen molar-refractivity contribution in [2.75, 3.05) is 25.5 Å². The van der Waals surface area contributed by atoms with Gasteiger partial charge in [0.2, 0.25) is 11.8 Å². The fourth-order valence-corrected chi connectivity index (χ4v) is 5.47. The van der Waals surface area contributed by atoms with E-state index in [1.807, 2.05) is 63.2 Å². The average Bonchev–Trinajstić information content (AvgIpc) is 3.09. The number of nitrogens with zero attached hydrogens (tertiary/aromatic N) is 2. The molecule has 5 rings (SSSR count). The molecule has 0 saturated heterocycles. The average molecular weight is 663 g/mol. The van der Waals surface area contributed by atoms with Gasteiger partial charge in [-0.3, -0.25) is 14.4 Å². The number of fused-ring (bicyclic) bond motifs is 1. The van der Waals surface area contributed by atoms with Crippen LogP contribution in [0.25, 0.3) is 28.1 Å². The highest BCUT2D eigenvalue weighted by Crippen LogP contribution is 2.34. The Labute approximate surface area is 287 Å². The molecule has 48 heavy (non-hydrogen) atoms. The highest BCUT2D eigenvalue weighted by atomic mass is 35.5. The smallest absolute Gasteiger partial charge is 0.251 e. The Bertz CT molecular complexity index is 1970. The van der Waals surface area contributed by atoms with Gasteiger partial charge >= 0.3 is 0 Å². The molecule has 0 aliphatic heterocycles. The number of rotatable bonds is 10. The van der Waals surface area contributed by atoms with E-state index in [2.05, 4.69) is 34.9 Å². The van der Waals surface area contributed by atoms with E-state index >= 15 is 0 Å². The fraction of sp³-hybridized carbons (Fsp3) is 0.179. The number of carbonyl (C=O) groups excluding carboxylic acids is 3. The maximum atomic E-state index is 13.1. The second kappa shape index (κ2) is 15.9. The van der Waals surface area contributed by atoms with Crippen molar-refractivity contribution in [3.8, 4) is 16.9 Å².